The third-order valence-electron chi connectivity index (χ3n) is 18.7. The average molecular weight is 1630 g/mol. The molecule has 4 aromatic rings. The van der Waals surface area contributed by atoms with Crippen LogP contribution in [-0.2, 0) is 133 Å². The molecule has 1 fully saturated rings. The minimum atomic E-state index is -5.12. The molecule has 2 amide bonds. The normalized spacial score (nSPS) is 19.2. The molecule has 7 rings (SSSR count). The lowest BCUT2D eigenvalue weighted by molar-refractivity contribution is -0.198. The van der Waals surface area contributed by atoms with Gasteiger partial charge in [-0.05, 0) is 109 Å². The third kappa shape index (κ3) is 26.1. The van der Waals surface area contributed by atoms with Crippen LogP contribution >= 0.6 is 0 Å². The Hall–Kier alpha value is -6.28. The number of hydrogen-bond donors (Lipinski definition) is 5. The molecular weight excluding hydrogens is 1530 g/mol. The molecule has 4 atom stereocenters. The van der Waals surface area contributed by atoms with Crippen molar-refractivity contribution in [3.63, 3.8) is 0 Å². The Bertz CT molecular complexity index is 4390. The zero-order chi connectivity index (χ0) is 79.4. The Morgan fingerprint density at radius 1 is 0.550 bits per heavy atom. The highest BCUT2D eigenvalue weighted by atomic mass is 32.2. The summed E-state index contributed by atoms with van der Waals surface area (Å²) in [6.07, 6.45) is 14.5. The van der Waals surface area contributed by atoms with E-state index < -0.39 is 106 Å². The van der Waals surface area contributed by atoms with E-state index >= 15 is 0 Å². The highest BCUT2D eigenvalue weighted by molar-refractivity contribution is 7.87. The first-order chi connectivity index (χ1) is 51.9. The molecule has 3 aliphatic heterocycles. The van der Waals surface area contributed by atoms with E-state index in [1.807, 2.05) is 43.9 Å². The van der Waals surface area contributed by atoms with Crippen molar-refractivity contribution in [2.45, 2.75) is 115 Å². The van der Waals surface area contributed by atoms with Gasteiger partial charge in [-0.25, -0.2) is 13.2 Å². The lowest BCUT2D eigenvalue weighted by Gasteiger charge is -2.38. The molecule has 608 valence electrons. The van der Waals surface area contributed by atoms with Gasteiger partial charge in [-0.3, -0.25) is 27.8 Å². The summed E-state index contributed by atoms with van der Waals surface area (Å²) in [5.74, 6) is -2.99. The molecule has 32 nitrogen and oxygen atoms in total. The smallest absolute Gasteiger partial charge is 0.335 e. The van der Waals surface area contributed by atoms with E-state index in [1.54, 1.807) is 56.7 Å². The predicted octanol–water partition coefficient (Wildman–Crippen LogP) is 6.78. The fraction of sp³-hybridized carbons (Fsp3) is 0.569. The zero-order valence-corrected chi connectivity index (χ0v) is 66.0. The number of amides is 2. The number of ether oxygens (including phenoxy) is 11. The molecule has 1 saturated heterocycles. The van der Waals surface area contributed by atoms with Crippen LogP contribution in [0, 0.1) is 5.92 Å². The van der Waals surface area contributed by atoms with E-state index in [1.165, 1.54) is 12.1 Å². The van der Waals surface area contributed by atoms with E-state index in [-0.39, 0.29) is 190 Å². The number of rotatable bonds is 51. The number of nitrogens with zero attached hydrogens (tertiary/aromatic N) is 3. The first-order valence-corrected chi connectivity index (χ1v) is 42.7. The summed E-state index contributed by atoms with van der Waals surface area (Å²) < 4.78 is 232. The van der Waals surface area contributed by atoms with Crippen molar-refractivity contribution in [2.75, 3.05) is 175 Å². The number of methoxy groups -OCH3 is 2. The lowest BCUT2D eigenvalue weighted by Crippen LogP contribution is -2.38. The second-order valence-corrected chi connectivity index (χ2v) is 33.0. The molecule has 0 saturated carbocycles. The first-order valence-electron chi connectivity index (χ1n) is 35.6. The SMILES string of the molecule is CCCC1CC(/C=C/C=C/C=C/C=C2/N(CCOCCOCCOCCOCCOCCOCCC(=O)ON3C(=O)CCC3=O)c3ccc4c(S(=O)(=O)O)cc(S(=O)(=O)O)cc4c3C2(C)CCOCCOCCOCCOC)C(C)(CCCS(=O)(=O)O)c2c(ccc3c([SH](=O)=O)cc(S(=O)(=O)O)cc23)N1CCOC. The second-order valence-electron chi connectivity index (χ2n) is 26.2. The number of imide groups is 1. The van der Waals surface area contributed by atoms with Crippen LogP contribution in [0.15, 0.2) is 116 Å². The quantitative estimate of drug-likeness (QED) is 0.00999. The zero-order valence-electron chi connectivity index (χ0n) is 61.9. The number of carbonyl (C=O) groups excluding carboxylic acids is 3. The number of hydrogen-bond acceptors (Lipinski definition) is 27. The molecule has 109 heavy (non-hydrogen) atoms. The first kappa shape index (κ1) is 89.9. The van der Waals surface area contributed by atoms with Crippen LogP contribution in [0.2, 0.25) is 0 Å². The van der Waals surface area contributed by atoms with Gasteiger partial charge in [0.2, 0.25) is 0 Å². The molecule has 0 radical (unpaired) electrons. The topological polar surface area (TPSA) is 423 Å². The van der Waals surface area contributed by atoms with Crippen molar-refractivity contribution in [1.82, 2.24) is 5.06 Å². The molecule has 0 spiro atoms. The van der Waals surface area contributed by atoms with E-state index in [0.29, 0.717) is 78.5 Å². The maximum Gasteiger partial charge on any atom is 0.335 e. The molecule has 4 N–H and O–H groups in total. The number of anilines is 2. The van der Waals surface area contributed by atoms with Crippen molar-refractivity contribution in [2.24, 2.45) is 5.92 Å². The fourth-order valence-electron chi connectivity index (χ4n) is 13.6. The fourth-order valence-corrected chi connectivity index (χ4v) is 16.7. The molecule has 4 unspecified atom stereocenters. The minimum Gasteiger partial charge on any atom is -0.383 e. The Kier molecular flexibility index (Phi) is 35.6. The van der Waals surface area contributed by atoms with Gasteiger partial charge in [0.25, 0.3) is 52.3 Å². The molecular formula is C72H101N3O29S5. The summed E-state index contributed by atoms with van der Waals surface area (Å²) in [7, 11) is -20.0. The van der Waals surface area contributed by atoms with Gasteiger partial charge >= 0.3 is 5.97 Å². The van der Waals surface area contributed by atoms with Crippen molar-refractivity contribution in [3.8, 4) is 0 Å². The molecule has 3 aliphatic rings. The Morgan fingerprint density at radius 3 is 1.58 bits per heavy atom. The van der Waals surface area contributed by atoms with Crippen LogP contribution in [-0.4, -0.2) is 254 Å². The van der Waals surface area contributed by atoms with Crippen LogP contribution in [0.5, 0.6) is 0 Å². The molecule has 0 aliphatic carbocycles. The van der Waals surface area contributed by atoms with Crippen molar-refractivity contribution >= 4 is 102 Å². The number of fused-ring (bicyclic) bond motifs is 6. The summed E-state index contributed by atoms with van der Waals surface area (Å²) in [6.45, 7) is 10.9. The molecule has 0 aromatic heterocycles. The van der Waals surface area contributed by atoms with E-state index in [2.05, 4.69) is 4.90 Å². The minimum absolute atomic E-state index is 0.00148. The van der Waals surface area contributed by atoms with Gasteiger partial charge in [0.05, 0.1) is 152 Å². The van der Waals surface area contributed by atoms with Gasteiger partial charge in [-0.1, -0.05) is 68.9 Å². The Balaban J connectivity index is 1.11. The maximum atomic E-state index is 13.1. The van der Waals surface area contributed by atoms with Crippen molar-refractivity contribution in [1.29, 1.82) is 0 Å². The standard InChI is InChI=1S/C72H101N3O29S5/c1-6-13-54-48-53(71(2,23-12-47-106(81,82)83)69-59-49-55(107(84,85)86)51-63(105(79)80)57(59)16-18-61(69)73(54)25-29-93-4)14-10-8-7-9-11-15-65-72(3,24-28-96-34-37-100-40-39-98-32-31-94-5)70-60-50-56(108(87,88)89)52-64(109(90,91)92)58(60)17-19-62(70)74(65)26-30-97-35-38-101-42-44-103-46-45-102-43-41-99-36-33-95-27-22-68(78)104-75-66(76)20-21-67(75)77/h7-11,14-19,49-54,105H,6,12-13,20-48H2,1-5H3,(H,81,82,83)(H,84,85,86)(H,87,88,89)(H,90,91,92)/b8-7+,11-9+,14-10+,65-15+. The van der Waals surface area contributed by atoms with Crippen LogP contribution in [0.4, 0.5) is 11.4 Å². The van der Waals surface area contributed by atoms with Gasteiger partial charge in [-0.2, -0.15) is 33.7 Å². The number of allylic oxidation sites excluding steroid dienone is 8. The Labute approximate surface area is 638 Å². The molecule has 4 aromatic carbocycles. The number of hydroxylamine groups is 2. The summed E-state index contributed by atoms with van der Waals surface area (Å²) in [6, 6.07) is 10.2. The third-order valence-corrected chi connectivity index (χ3v) is 22.9. The molecule has 3 heterocycles. The van der Waals surface area contributed by atoms with Gasteiger partial charge < -0.3 is 66.7 Å². The van der Waals surface area contributed by atoms with E-state index in [4.69, 9.17) is 56.9 Å². The summed E-state index contributed by atoms with van der Waals surface area (Å²) in [4.78, 5) is 41.5. The Morgan fingerprint density at radius 2 is 1.05 bits per heavy atom. The predicted molar refractivity (Wildman–Crippen MR) is 401 cm³/mol. The molecule has 0 bridgehead atoms. The van der Waals surface area contributed by atoms with Crippen molar-refractivity contribution in [3.05, 3.63) is 108 Å². The monoisotopic (exact) mass is 1630 g/mol. The van der Waals surface area contributed by atoms with Crippen molar-refractivity contribution < 1.29 is 132 Å². The summed E-state index contributed by atoms with van der Waals surface area (Å²) in [5, 5.41) is 0.925. The maximum absolute atomic E-state index is 13.1. The summed E-state index contributed by atoms with van der Waals surface area (Å²) in [5.41, 5.74) is 0.422. The van der Waals surface area contributed by atoms with E-state index in [9.17, 15) is 74.7 Å². The van der Waals surface area contributed by atoms with Crippen LogP contribution < -0.4 is 9.80 Å². The average Bonchev–Trinajstić information content (AvgIpc) is 1.60. The van der Waals surface area contributed by atoms with Gasteiger partial charge in [0, 0.05) is 91.5 Å². The molecule has 37 heteroatoms. The number of thiol groups is 1. The van der Waals surface area contributed by atoms with Crippen LogP contribution in [0.1, 0.15) is 89.7 Å². The van der Waals surface area contributed by atoms with E-state index in [0.717, 1.165) is 18.6 Å². The van der Waals surface area contributed by atoms with Gasteiger partial charge in [0.1, 0.15) is 4.90 Å². The lowest BCUT2D eigenvalue weighted by atomic mass is 9.66. The summed E-state index contributed by atoms with van der Waals surface area (Å²) >= 11 is 0. The highest BCUT2D eigenvalue weighted by Crippen LogP contribution is 2.55. The number of benzene rings is 4. The number of carbonyl (C=O) groups is 3. The van der Waals surface area contributed by atoms with Crippen LogP contribution in [0.3, 0.4) is 0 Å². The second kappa shape index (κ2) is 43.1. The van der Waals surface area contributed by atoms with Crippen LogP contribution in [0.25, 0.3) is 21.5 Å². The van der Waals surface area contributed by atoms with Gasteiger partial charge in [0.15, 0.2) is 10.7 Å². The highest BCUT2D eigenvalue weighted by Gasteiger charge is 2.47. The van der Waals surface area contributed by atoms with Gasteiger partial charge in [-0.15, -0.1) is 5.06 Å². The largest absolute Gasteiger partial charge is 0.383 e.